The van der Waals surface area contributed by atoms with Crippen molar-refractivity contribution in [2.75, 3.05) is 19.7 Å². The van der Waals surface area contributed by atoms with Crippen LogP contribution < -0.4 is 15.4 Å². The Bertz CT molecular complexity index is 684. The summed E-state index contributed by atoms with van der Waals surface area (Å²) >= 11 is 0. The van der Waals surface area contributed by atoms with E-state index >= 15 is 0 Å². The molecule has 26 heavy (non-hydrogen) atoms. The maximum atomic E-state index is 10.5. The van der Waals surface area contributed by atoms with E-state index in [1.54, 1.807) is 31.5 Å². The normalized spacial score (nSPS) is 13.9. The van der Waals surface area contributed by atoms with E-state index in [1.807, 2.05) is 19.1 Å². The van der Waals surface area contributed by atoms with Crippen LogP contribution in [0.2, 0.25) is 0 Å². The molecule has 0 saturated carbocycles. The van der Waals surface area contributed by atoms with Crippen molar-refractivity contribution < 1.29 is 14.3 Å². The first kappa shape index (κ1) is 19.8. The van der Waals surface area contributed by atoms with Crippen LogP contribution in [-0.4, -0.2) is 35.7 Å². The molecule has 2 aromatic rings. The lowest BCUT2D eigenvalue weighted by atomic mass is 10.0. The molecule has 2 rings (SSSR count). The summed E-state index contributed by atoms with van der Waals surface area (Å²) in [5.74, 6) is 1.71. The average molecular weight is 360 g/mol. The summed E-state index contributed by atoms with van der Waals surface area (Å²) < 4.78 is 11.0. The standard InChI is InChI=1S/C19H28N4O3/c1-4-11-26-17-15(8-6-10-21-17)13-22-18(20-5-2)23-14-19(3,24)16-9-7-12-25-16/h6-10,12,24H,4-5,11,13-14H2,1-3H3,(H2,20,22,23). The molecular weight excluding hydrogens is 332 g/mol. The second kappa shape index (κ2) is 9.82. The Morgan fingerprint density at radius 2 is 2.15 bits per heavy atom. The van der Waals surface area contributed by atoms with E-state index in [-0.39, 0.29) is 6.54 Å². The third kappa shape index (κ3) is 5.77. The van der Waals surface area contributed by atoms with Crippen LogP contribution >= 0.6 is 0 Å². The number of nitrogens with one attached hydrogen (secondary N) is 2. The van der Waals surface area contributed by atoms with Crippen molar-refractivity contribution in [3.8, 4) is 5.88 Å². The number of furan rings is 1. The molecule has 0 bridgehead atoms. The Labute approximate surface area is 154 Å². The highest BCUT2D eigenvalue weighted by atomic mass is 16.5. The molecule has 1 atom stereocenters. The Morgan fingerprint density at radius 3 is 2.85 bits per heavy atom. The van der Waals surface area contributed by atoms with E-state index in [2.05, 4.69) is 27.5 Å². The third-order valence-corrected chi connectivity index (χ3v) is 3.70. The van der Waals surface area contributed by atoms with Gasteiger partial charge in [-0.1, -0.05) is 13.0 Å². The summed E-state index contributed by atoms with van der Waals surface area (Å²) in [6, 6.07) is 7.32. The van der Waals surface area contributed by atoms with Crippen molar-refractivity contribution in [1.29, 1.82) is 0 Å². The zero-order valence-electron chi connectivity index (χ0n) is 15.7. The number of hydrogen-bond donors (Lipinski definition) is 3. The van der Waals surface area contributed by atoms with Gasteiger partial charge in [-0.05, 0) is 38.5 Å². The van der Waals surface area contributed by atoms with Gasteiger partial charge in [0.15, 0.2) is 5.96 Å². The fourth-order valence-electron chi connectivity index (χ4n) is 2.31. The monoisotopic (exact) mass is 360 g/mol. The molecule has 142 valence electrons. The Kier molecular flexibility index (Phi) is 7.47. The van der Waals surface area contributed by atoms with Crippen LogP contribution in [0.1, 0.15) is 38.5 Å². The summed E-state index contributed by atoms with van der Waals surface area (Å²) in [6.45, 7) is 7.75. The molecule has 0 radical (unpaired) electrons. The maximum Gasteiger partial charge on any atom is 0.218 e. The highest BCUT2D eigenvalue weighted by Gasteiger charge is 2.26. The molecule has 0 aliphatic carbocycles. The first-order valence-corrected chi connectivity index (χ1v) is 8.92. The van der Waals surface area contributed by atoms with Crippen LogP contribution in [0.4, 0.5) is 0 Å². The molecule has 0 amide bonds. The van der Waals surface area contributed by atoms with Gasteiger partial charge in [-0.2, -0.15) is 0 Å². The predicted molar refractivity (Wildman–Crippen MR) is 101 cm³/mol. The van der Waals surface area contributed by atoms with Crippen LogP contribution in [0.5, 0.6) is 5.88 Å². The molecule has 2 heterocycles. The molecule has 0 aliphatic rings. The lowest BCUT2D eigenvalue weighted by Gasteiger charge is -2.22. The Hall–Kier alpha value is -2.54. The van der Waals surface area contributed by atoms with Crippen molar-refractivity contribution >= 4 is 5.96 Å². The Balaban J connectivity index is 2.03. The van der Waals surface area contributed by atoms with E-state index < -0.39 is 5.60 Å². The van der Waals surface area contributed by atoms with Gasteiger partial charge in [0.1, 0.15) is 11.4 Å². The number of nitrogens with zero attached hydrogens (tertiary/aromatic N) is 2. The lowest BCUT2D eigenvalue weighted by molar-refractivity contribution is 0.0386. The highest BCUT2D eigenvalue weighted by Crippen LogP contribution is 2.20. The largest absolute Gasteiger partial charge is 0.477 e. The zero-order chi connectivity index (χ0) is 18.8. The van der Waals surface area contributed by atoms with Gasteiger partial charge in [0, 0.05) is 18.3 Å². The van der Waals surface area contributed by atoms with Crippen LogP contribution in [0.3, 0.4) is 0 Å². The minimum absolute atomic E-state index is 0.262. The van der Waals surface area contributed by atoms with Crippen LogP contribution in [0.15, 0.2) is 46.1 Å². The van der Waals surface area contributed by atoms with E-state index in [4.69, 9.17) is 9.15 Å². The van der Waals surface area contributed by atoms with Gasteiger partial charge in [0.25, 0.3) is 0 Å². The summed E-state index contributed by atoms with van der Waals surface area (Å²) in [6.07, 6.45) is 4.18. The predicted octanol–water partition coefficient (Wildman–Crippen LogP) is 2.43. The fraction of sp³-hybridized carbons (Fsp3) is 0.474. The van der Waals surface area contributed by atoms with Gasteiger partial charge < -0.3 is 24.9 Å². The first-order valence-electron chi connectivity index (χ1n) is 8.92. The van der Waals surface area contributed by atoms with E-state index in [0.29, 0.717) is 37.3 Å². The van der Waals surface area contributed by atoms with Gasteiger partial charge in [-0.15, -0.1) is 0 Å². The van der Waals surface area contributed by atoms with Crippen molar-refractivity contribution in [1.82, 2.24) is 15.6 Å². The molecule has 0 aliphatic heterocycles. The van der Waals surface area contributed by atoms with Crippen molar-refractivity contribution in [2.24, 2.45) is 4.99 Å². The van der Waals surface area contributed by atoms with E-state index in [9.17, 15) is 5.11 Å². The quantitative estimate of drug-likeness (QED) is 0.470. The van der Waals surface area contributed by atoms with E-state index in [1.165, 1.54) is 0 Å². The number of aliphatic hydroxyl groups is 1. The van der Waals surface area contributed by atoms with Crippen molar-refractivity contribution in [2.45, 2.75) is 39.3 Å². The van der Waals surface area contributed by atoms with Gasteiger partial charge in [-0.25, -0.2) is 9.98 Å². The number of aromatic nitrogens is 1. The van der Waals surface area contributed by atoms with Crippen molar-refractivity contribution in [3.05, 3.63) is 48.0 Å². The zero-order valence-corrected chi connectivity index (χ0v) is 15.7. The van der Waals surface area contributed by atoms with Gasteiger partial charge in [0.2, 0.25) is 5.88 Å². The van der Waals surface area contributed by atoms with Crippen LogP contribution in [0, 0.1) is 0 Å². The van der Waals surface area contributed by atoms with Crippen LogP contribution in [0.25, 0.3) is 0 Å². The minimum atomic E-state index is -1.14. The second-order valence-corrected chi connectivity index (χ2v) is 6.12. The van der Waals surface area contributed by atoms with Crippen molar-refractivity contribution in [3.63, 3.8) is 0 Å². The molecule has 0 fully saturated rings. The summed E-state index contributed by atoms with van der Waals surface area (Å²) in [7, 11) is 0. The Morgan fingerprint density at radius 1 is 1.31 bits per heavy atom. The molecular formula is C19H28N4O3. The summed E-state index contributed by atoms with van der Waals surface area (Å²) in [4.78, 5) is 8.84. The number of aliphatic imine (C=N–C) groups is 1. The van der Waals surface area contributed by atoms with E-state index in [0.717, 1.165) is 12.0 Å². The third-order valence-electron chi connectivity index (χ3n) is 3.70. The van der Waals surface area contributed by atoms with Gasteiger partial charge >= 0.3 is 0 Å². The number of guanidine groups is 1. The van der Waals surface area contributed by atoms with Gasteiger partial charge in [0.05, 0.1) is 26.0 Å². The number of ether oxygens (including phenoxy) is 1. The molecule has 7 heteroatoms. The van der Waals surface area contributed by atoms with Gasteiger partial charge in [-0.3, -0.25) is 0 Å². The molecule has 2 aromatic heterocycles. The van der Waals surface area contributed by atoms with Crippen LogP contribution in [-0.2, 0) is 12.1 Å². The molecule has 0 spiro atoms. The molecule has 3 N–H and O–H groups in total. The highest BCUT2D eigenvalue weighted by molar-refractivity contribution is 5.79. The first-order chi connectivity index (χ1) is 12.6. The fourth-order valence-corrected chi connectivity index (χ4v) is 2.31. The molecule has 0 aromatic carbocycles. The number of hydrogen-bond acceptors (Lipinski definition) is 5. The summed E-state index contributed by atoms with van der Waals surface area (Å²) in [5.41, 5.74) is -0.223. The minimum Gasteiger partial charge on any atom is -0.477 e. The number of pyridine rings is 1. The summed E-state index contributed by atoms with van der Waals surface area (Å²) in [5, 5.41) is 16.9. The molecule has 1 unspecified atom stereocenters. The SMILES string of the molecule is CCCOc1ncccc1CN=C(NCC)NCC(C)(O)c1ccco1. The smallest absolute Gasteiger partial charge is 0.218 e. The number of rotatable bonds is 9. The average Bonchev–Trinajstić information content (AvgIpc) is 3.19. The molecule has 0 saturated heterocycles. The second-order valence-electron chi connectivity index (χ2n) is 6.12. The maximum absolute atomic E-state index is 10.5. The molecule has 7 nitrogen and oxygen atoms in total. The topological polar surface area (TPSA) is 91.9 Å². The lowest BCUT2D eigenvalue weighted by Crippen LogP contribution is -2.44.